The maximum absolute atomic E-state index is 9.73. The molecule has 0 atom stereocenters. The van der Waals surface area contributed by atoms with Crippen molar-refractivity contribution < 1.29 is 19.2 Å². The fourth-order valence-electron chi connectivity index (χ4n) is 2.25. The molecule has 1 heterocycles. The molecule has 0 aromatic heterocycles. The predicted octanol–water partition coefficient (Wildman–Crippen LogP) is 2.94. The zero-order valence-corrected chi connectivity index (χ0v) is 14.9. The van der Waals surface area contributed by atoms with Crippen molar-refractivity contribution >= 4 is 30.5 Å². The number of ether oxygens (including phenoxy) is 1. The van der Waals surface area contributed by atoms with Crippen LogP contribution in [0.1, 0.15) is 33.3 Å². The van der Waals surface area contributed by atoms with Gasteiger partial charge in [0.2, 0.25) is 0 Å². The molecule has 0 unspecified atom stereocenters. The van der Waals surface area contributed by atoms with Crippen molar-refractivity contribution in [3.8, 4) is 5.75 Å². The number of hydrogen-bond acceptors (Lipinski definition) is 5. The molecule has 0 radical (unpaired) electrons. The van der Waals surface area contributed by atoms with Gasteiger partial charge in [0.05, 0.1) is 35.6 Å². The number of rotatable bonds is 4. The number of hydrogen-bond donors (Lipinski definition) is 2. The van der Waals surface area contributed by atoms with Gasteiger partial charge in [-0.1, -0.05) is 17.7 Å². The lowest BCUT2D eigenvalue weighted by Crippen LogP contribution is -2.41. The van der Waals surface area contributed by atoms with E-state index in [1.807, 2.05) is 27.7 Å². The summed E-state index contributed by atoms with van der Waals surface area (Å²) in [6.45, 7) is 7.63. The Bertz CT molecular complexity index is 615. The Hall–Kier alpha value is -1.21. The fraction of sp³-hybridized carbons (Fsp3) is 0.500. The first-order valence-corrected chi connectivity index (χ1v) is 7.79. The van der Waals surface area contributed by atoms with E-state index in [-0.39, 0.29) is 6.61 Å². The summed E-state index contributed by atoms with van der Waals surface area (Å²) < 4.78 is 17.1. The minimum absolute atomic E-state index is 0.208. The number of halogens is 1. The van der Waals surface area contributed by atoms with E-state index in [0.29, 0.717) is 27.5 Å². The third-order valence-corrected chi connectivity index (χ3v) is 4.76. The average Bonchev–Trinajstić information content (AvgIpc) is 2.66. The topological polar surface area (TPSA) is 73.9 Å². The molecule has 0 saturated carbocycles. The molecule has 0 amide bonds. The summed E-state index contributed by atoms with van der Waals surface area (Å²) in [7, 11) is 0.901. The lowest BCUT2D eigenvalue weighted by atomic mass is 9.77. The molecule has 7 heteroatoms. The van der Waals surface area contributed by atoms with Gasteiger partial charge in [-0.2, -0.15) is 0 Å². The van der Waals surface area contributed by atoms with Gasteiger partial charge in [-0.15, -0.1) is 0 Å². The zero-order chi connectivity index (χ0) is 17.4. The normalized spacial score (nSPS) is 20.0. The van der Waals surface area contributed by atoms with Crippen LogP contribution in [0.25, 0.3) is 6.08 Å². The van der Waals surface area contributed by atoms with E-state index in [4.69, 9.17) is 31.4 Å². The first-order chi connectivity index (χ1) is 10.6. The van der Waals surface area contributed by atoms with Crippen molar-refractivity contribution in [2.45, 2.75) is 38.9 Å². The smallest absolute Gasteiger partial charge is 0.492 e. The van der Waals surface area contributed by atoms with Crippen LogP contribution in [0.15, 0.2) is 17.6 Å². The first kappa shape index (κ1) is 18.1. The van der Waals surface area contributed by atoms with Crippen LogP contribution < -0.4 is 10.5 Å². The SMILES string of the molecule is COc1cc(C=C(CO)B2OC(C)(C)C(C)(C)O2)c(Cl)cc1N. The average molecular weight is 340 g/mol. The monoisotopic (exact) mass is 339 g/mol. The quantitative estimate of drug-likeness (QED) is 0.652. The van der Waals surface area contributed by atoms with Gasteiger partial charge in [-0.05, 0) is 50.9 Å². The van der Waals surface area contributed by atoms with Gasteiger partial charge in [0.25, 0.3) is 0 Å². The number of methoxy groups -OCH3 is 1. The minimum atomic E-state index is -0.635. The second kappa shape index (κ2) is 6.36. The van der Waals surface area contributed by atoms with Gasteiger partial charge in [0.1, 0.15) is 5.75 Å². The van der Waals surface area contributed by atoms with E-state index in [0.717, 1.165) is 0 Å². The zero-order valence-electron chi connectivity index (χ0n) is 14.1. The van der Waals surface area contributed by atoms with Crippen LogP contribution in [0.2, 0.25) is 5.02 Å². The van der Waals surface area contributed by atoms with Crippen LogP contribution >= 0.6 is 11.6 Å². The van der Waals surface area contributed by atoms with Crippen LogP contribution in [0.4, 0.5) is 5.69 Å². The number of anilines is 1. The predicted molar refractivity (Wildman–Crippen MR) is 93.6 cm³/mol. The summed E-state index contributed by atoms with van der Waals surface area (Å²) >= 11 is 6.23. The number of aliphatic hydroxyl groups is 1. The Morgan fingerprint density at radius 2 is 1.87 bits per heavy atom. The summed E-state index contributed by atoms with van der Waals surface area (Å²) in [4.78, 5) is 0. The molecule has 1 aliphatic heterocycles. The van der Waals surface area contributed by atoms with Crippen LogP contribution in [-0.4, -0.2) is 37.1 Å². The highest BCUT2D eigenvalue weighted by molar-refractivity contribution is 6.56. The first-order valence-electron chi connectivity index (χ1n) is 7.41. The highest BCUT2D eigenvalue weighted by atomic mass is 35.5. The third-order valence-electron chi connectivity index (χ3n) is 4.43. The van der Waals surface area contributed by atoms with Gasteiger partial charge in [-0.3, -0.25) is 0 Å². The molecule has 1 aromatic carbocycles. The van der Waals surface area contributed by atoms with E-state index in [1.165, 1.54) is 7.11 Å². The molecular formula is C16H23BClNO4. The van der Waals surface area contributed by atoms with Crippen molar-refractivity contribution in [2.24, 2.45) is 0 Å². The Balaban J connectivity index is 2.37. The highest BCUT2D eigenvalue weighted by Gasteiger charge is 2.52. The Morgan fingerprint density at radius 1 is 1.30 bits per heavy atom. The van der Waals surface area contributed by atoms with Gasteiger partial charge in [0, 0.05) is 0 Å². The molecule has 1 aliphatic rings. The molecule has 1 aromatic rings. The van der Waals surface area contributed by atoms with Crippen LogP contribution in [-0.2, 0) is 9.31 Å². The maximum atomic E-state index is 9.73. The maximum Gasteiger partial charge on any atom is 0.492 e. The molecule has 0 bridgehead atoms. The minimum Gasteiger partial charge on any atom is -0.495 e. The van der Waals surface area contributed by atoms with Crippen LogP contribution in [0.5, 0.6) is 5.75 Å². The summed E-state index contributed by atoms with van der Waals surface area (Å²) in [5, 5.41) is 10.2. The number of benzene rings is 1. The van der Waals surface area contributed by atoms with Gasteiger partial charge >= 0.3 is 7.12 Å². The van der Waals surface area contributed by atoms with Crippen molar-refractivity contribution in [3.05, 3.63) is 28.2 Å². The lowest BCUT2D eigenvalue weighted by Gasteiger charge is -2.32. The van der Waals surface area contributed by atoms with E-state index < -0.39 is 18.3 Å². The van der Waals surface area contributed by atoms with E-state index in [9.17, 15) is 5.11 Å². The second-order valence-corrected chi connectivity index (χ2v) is 6.99. The van der Waals surface area contributed by atoms with Crippen molar-refractivity contribution in [1.82, 2.24) is 0 Å². The number of aliphatic hydroxyl groups excluding tert-OH is 1. The summed E-state index contributed by atoms with van der Waals surface area (Å²) in [5.74, 6) is 0.520. The lowest BCUT2D eigenvalue weighted by molar-refractivity contribution is 0.00578. The van der Waals surface area contributed by atoms with Gasteiger partial charge < -0.3 is 24.9 Å². The molecule has 2 rings (SSSR count). The van der Waals surface area contributed by atoms with E-state index >= 15 is 0 Å². The van der Waals surface area contributed by atoms with Crippen molar-refractivity contribution in [3.63, 3.8) is 0 Å². The molecule has 5 nitrogen and oxygen atoms in total. The van der Waals surface area contributed by atoms with Crippen LogP contribution in [0, 0.1) is 0 Å². The number of nitrogen functional groups attached to an aromatic ring is 1. The van der Waals surface area contributed by atoms with Gasteiger partial charge in [-0.25, -0.2) is 0 Å². The Kier molecular flexibility index (Phi) is 5.02. The summed E-state index contributed by atoms with van der Waals surface area (Å²) in [6, 6.07) is 3.34. The summed E-state index contributed by atoms with van der Waals surface area (Å²) in [5.41, 5.74) is 6.59. The number of nitrogens with two attached hydrogens (primary N) is 1. The largest absolute Gasteiger partial charge is 0.495 e. The highest BCUT2D eigenvalue weighted by Crippen LogP contribution is 2.39. The van der Waals surface area contributed by atoms with E-state index in [1.54, 1.807) is 18.2 Å². The third kappa shape index (κ3) is 3.50. The van der Waals surface area contributed by atoms with Gasteiger partial charge in [0.15, 0.2) is 0 Å². The molecule has 126 valence electrons. The standard InChI is InChI=1S/C16H23BClNO4/c1-15(2)16(3,4)23-17(22-15)11(9-20)6-10-7-14(21-5)13(19)8-12(10)18/h6-8,20H,9,19H2,1-5H3. The molecule has 1 saturated heterocycles. The molecular weight excluding hydrogens is 316 g/mol. The van der Waals surface area contributed by atoms with Crippen molar-refractivity contribution in [2.75, 3.05) is 19.5 Å². The van der Waals surface area contributed by atoms with Crippen molar-refractivity contribution in [1.29, 1.82) is 0 Å². The fourth-order valence-corrected chi connectivity index (χ4v) is 2.48. The molecule has 3 N–H and O–H groups in total. The molecule has 0 spiro atoms. The Morgan fingerprint density at radius 3 is 2.35 bits per heavy atom. The van der Waals surface area contributed by atoms with Crippen LogP contribution in [0.3, 0.4) is 0 Å². The molecule has 0 aliphatic carbocycles. The molecule has 23 heavy (non-hydrogen) atoms. The Labute approximate surface area is 142 Å². The second-order valence-electron chi connectivity index (χ2n) is 6.58. The van der Waals surface area contributed by atoms with E-state index in [2.05, 4.69) is 0 Å². The molecule has 1 fully saturated rings. The summed E-state index contributed by atoms with van der Waals surface area (Å²) in [6.07, 6.45) is 1.74.